The number of anilines is 1. The van der Waals surface area contributed by atoms with Crippen molar-refractivity contribution in [1.29, 1.82) is 5.26 Å². The zero-order valence-electron chi connectivity index (χ0n) is 12.2. The van der Waals surface area contributed by atoms with E-state index in [-0.39, 0.29) is 16.9 Å². The first-order valence-electron chi connectivity index (χ1n) is 6.55. The van der Waals surface area contributed by atoms with Crippen molar-refractivity contribution in [2.24, 2.45) is 11.0 Å². The maximum absolute atomic E-state index is 12.2. The Labute approximate surface area is 136 Å². The first-order valence-corrected chi connectivity index (χ1v) is 6.55. The van der Waals surface area contributed by atoms with Crippen molar-refractivity contribution in [1.82, 2.24) is 0 Å². The predicted octanol–water partition coefficient (Wildman–Crippen LogP) is 1.97. The summed E-state index contributed by atoms with van der Waals surface area (Å²) < 4.78 is 0. The van der Waals surface area contributed by atoms with Gasteiger partial charge in [0.15, 0.2) is 0 Å². The van der Waals surface area contributed by atoms with Gasteiger partial charge < -0.3 is 4.84 Å². The molecule has 9 heteroatoms. The van der Waals surface area contributed by atoms with Crippen LogP contribution in [0, 0.1) is 21.4 Å². The smallest absolute Gasteiger partial charge is 0.302 e. The first-order chi connectivity index (χ1) is 11.6. The number of carbonyl (C=O) groups excluding carboxylic acids is 1. The van der Waals surface area contributed by atoms with Crippen molar-refractivity contribution >= 4 is 23.1 Å². The lowest BCUT2D eigenvalue weighted by atomic mass is 10.1. The van der Waals surface area contributed by atoms with Gasteiger partial charge in [0.2, 0.25) is 0 Å². The van der Waals surface area contributed by atoms with E-state index >= 15 is 0 Å². The van der Waals surface area contributed by atoms with Crippen LogP contribution in [0.4, 0.5) is 11.4 Å². The van der Waals surface area contributed by atoms with Gasteiger partial charge in [0.05, 0.1) is 16.2 Å². The molecule has 0 bridgehead atoms. The number of benzene rings is 2. The summed E-state index contributed by atoms with van der Waals surface area (Å²) in [4.78, 5) is 26.7. The third kappa shape index (κ3) is 3.70. The fraction of sp³-hybridized carbons (Fsp3) is 0. The molecule has 120 valence electrons. The number of nitrogens with zero attached hydrogens (tertiary/aromatic N) is 3. The van der Waals surface area contributed by atoms with E-state index in [2.05, 4.69) is 15.4 Å². The van der Waals surface area contributed by atoms with Crippen LogP contribution in [0.1, 0.15) is 15.9 Å². The Morgan fingerprint density at radius 3 is 2.58 bits per heavy atom. The number of rotatable bonds is 5. The summed E-state index contributed by atoms with van der Waals surface area (Å²) in [6, 6.07) is 13.6. The molecule has 0 heterocycles. The van der Waals surface area contributed by atoms with Gasteiger partial charge in [0.1, 0.15) is 6.07 Å². The van der Waals surface area contributed by atoms with Gasteiger partial charge in [0, 0.05) is 17.7 Å². The molecular formula is C15H11N5O4. The third-order valence-electron chi connectivity index (χ3n) is 2.95. The molecule has 0 aliphatic carbocycles. The highest BCUT2D eigenvalue weighted by Crippen LogP contribution is 2.21. The lowest BCUT2D eigenvalue weighted by molar-refractivity contribution is -0.384. The molecule has 0 saturated carbocycles. The van der Waals surface area contributed by atoms with Crippen LogP contribution in [0.15, 0.2) is 53.6 Å². The molecule has 0 aliphatic rings. The minimum atomic E-state index is -0.624. The number of nitro groups is 1. The number of nitrogens with two attached hydrogens (primary N) is 1. The molecule has 0 atom stereocenters. The largest absolute Gasteiger partial charge is 0.385 e. The zero-order chi connectivity index (χ0) is 17.5. The fourth-order valence-electron chi connectivity index (χ4n) is 1.79. The zero-order valence-corrected chi connectivity index (χ0v) is 12.2. The molecule has 2 aromatic rings. The average Bonchev–Trinajstić information content (AvgIpc) is 2.62. The monoisotopic (exact) mass is 325 g/mol. The molecule has 0 aromatic heterocycles. The molecule has 0 unspecified atom stereocenters. The summed E-state index contributed by atoms with van der Waals surface area (Å²) in [6.07, 6.45) is 0. The Hall–Kier alpha value is -3.77. The number of nitriles is 1. The molecule has 0 fully saturated rings. The Kier molecular flexibility index (Phi) is 5.17. The quantitative estimate of drug-likeness (QED) is 0.281. The minimum Gasteiger partial charge on any atom is -0.385 e. The molecule has 0 aliphatic heterocycles. The predicted molar refractivity (Wildman–Crippen MR) is 84.9 cm³/mol. The van der Waals surface area contributed by atoms with Gasteiger partial charge in [-0.3, -0.25) is 20.3 Å². The van der Waals surface area contributed by atoms with Gasteiger partial charge in [-0.2, -0.15) is 11.2 Å². The molecular weight excluding hydrogens is 314 g/mol. The van der Waals surface area contributed by atoms with Crippen LogP contribution < -0.4 is 11.3 Å². The SMILES string of the molecule is N#Cc1cc([N+](=O)[O-])ccc1NN=C(ON)C(=O)c1ccccc1. The lowest BCUT2D eigenvalue weighted by Gasteiger charge is -2.06. The van der Waals surface area contributed by atoms with E-state index in [1.54, 1.807) is 36.4 Å². The molecule has 3 N–H and O–H groups in total. The van der Waals surface area contributed by atoms with Crippen LogP contribution in [0.2, 0.25) is 0 Å². The van der Waals surface area contributed by atoms with Crippen molar-refractivity contribution in [2.75, 3.05) is 5.43 Å². The standard InChI is InChI=1S/C15H11N5O4/c16-9-11-8-12(20(22)23)6-7-13(11)18-19-15(24-17)14(21)10-4-2-1-3-5-10/h1-8,18H,17H2. The number of ketones is 1. The number of carbonyl (C=O) groups is 1. The summed E-state index contributed by atoms with van der Waals surface area (Å²) >= 11 is 0. The summed E-state index contributed by atoms with van der Waals surface area (Å²) in [5.74, 6) is 4.07. The van der Waals surface area contributed by atoms with Crippen molar-refractivity contribution in [2.45, 2.75) is 0 Å². The average molecular weight is 325 g/mol. The van der Waals surface area contributed by atoms with Crippen LogP contribution in [-0.2, 0) is 4.84 Å². The van der Waals surface area contributed by atoms with Gasteiger partial charge in [-0.15, -0.1) is 5.10 Å². The van der Waals surface area contributed by atoms with Gasteiger partial charge in [-0.05, 0) is 6.07 Å². The van der Waals surface area contributed by atoms with E-state index in [0.29, 0.717) is 5.56 Å². The van der Waals surface area contributed by atoms with Gasteiger partial charge in [-0.1, -0.05) is 30.3 Å². The second-order valence-electron chi connectivity index (χ2n) is 4.44. The molecule has 2 rings (SSSR count). The van der Waals surface area contributed by atoms with E-state index in [0.717, 1.165) is 6.07 Å². The molecule has 9 nitrogen and oxygen atoms in total. The Balaban J connectivity index is 2.26. The number of hydrazone groups is 1. The van der Waals surface area contributed by atoms with Crippen LogP contribution in [0.3, 0.4) is 0 Å². The third-order valence-corrected chi connectivity index (χ3v) is 2.95. The minimum absolute atomic E-state index is 0.0171. The second-order valence-corrected chi connectivity index (χ2v) is 4.44. The van der Waals surface area contributed by atoms with Crippen LogP contribution in [0.5, 0.6) is 0 Å². The van der Waals surface area contributed by atoms with E-state index in [1.165, 1.54) is 12.1 Å². The molecule has 0 spiro atoms. The number of hydrogen-bond donors (Lipinski definition) is 2. The summed E-state index contributed by atoms with van der Waals surface area (Å²) in [5.41, 5.74) is 2.67. The molecule has 2 aromatic carbocycles. The second kappa shape index (κ2) is 7.48. The Morgan fingerprint density at radius 2 is 2.00 bits per heavy atom. The highest BCUT2D eigenvalue weighted by molar-refractivity contribution is 6.42. The number of hydrogen-bond acceptors (Lipinski definition) is 8. The highest BCUT2D eigenvalue weighted by Gasteiger charge is 2.16. The number of nitro benzene ring substituents is 1. The Morgan fingerprint density at radius 1 is 1.29 bits per heavy atom. The number of nitrogens with one attached hydrogen (secondary N) is 1. The van der Waals surface area contributed by atoms with E-state index < -0.39 is 16.6 Å². The number of non-ortho nitro benzene ring substituents is 1. The van der Waals surface area contributed by atoms with Crippen LogP contribution >= 0.6 is 0 Å². The van der Waals surface area contributed by atoms with Gasteiger partial charge >= 0.3 is 5.90 Å². The van der Waals surface area contributed by atoms with Gasteiger partial charge in [-0.25, -0.2) is 0 Å². The van der Waals surface area contributed by atoms with Crippen molar-refractivity contribution < 1.29 is 14.6 Å². The Bertz CT molecular complexity index is 843. The summed E-state index contributed by atoms with van der Waals surface area (Å²) in [5, 5.41) is 23.5. The molecule has 0 saturated heterocycles. The number of Topliss-reactive ketones (excluding diaryl/α,β-unsaturated/α-hetero) is 1. The normalized spacial score (nSPS) is 10.6. The topological polar surface area (TPSA) is 144 Å². The molecule has 0 amide bonds. The maximum atomic E-state index is 12.2. The van der Waals surface area contributed by atoms with E-state index in [1.807, 2.05) is 0 Å². The van der Waals surface area contributed by atoms with E-state index in [9.17, 15) is 14.9 Å². The van der Waals surface area contributed by atoms with Crippen molar-refractivity contribution in [3.8, 4) is 6.07 Å². The van der Waals surface area contributed by atoms with Crippen molar-refractivity contribution in [3.05, 3.63) is 69.8 Å². The maximum Gasteiger partial charge on any atom is 0.302 e. The highest BCUT2D eigenvalue weighted by atomic mass is 16.6. The molecule has 0 radical (unpaired) electrons. The van der Waals surface area contributed by atoms with Gasteiger partial charge in [0.25, 0.3) is 11.5 Å². The van der Waals surface area contributed by atoms with Crippen LogP contribution in [0.25, 0.3) is 0 Å². The van der Waals surface area contributed by atoms with E-state index in [4.69, 9.17) is 11.2 Å². The first kappa shape index (κ1) is 16.6. The summed E-state index contributed by atoms with van der Waals surface area (Å²) in [7, 11) is 0. The van der Waals surface area contributed by atoms with Crippen molar-refractivity contribution in [3.63, 3.8) is 0 Å². The fourth-order valence-corrected chi connectivity index (χ4v) is 1.79. The molecule has 24 heavy (non-hydrogen) atoms. The van der Waals surface area contributed by atoms with Crippen LogP contribution in [-0.4, -0.2) is 16.6 Å². The lowest BCUT2D eigenvalue weighted by Crippen LogP contribution is -2.22. The summed E-state index contributed by atoms with van der Waals surface area (Å²) in [6.45, 7) is 0.